The van der Waals surface area contributed by atoms with Crippen LogP contribution >= 0.6 is 15.9 Å². The zero-order chi connectivity index (χ0) is 13.2. The third kappa shape index (κ3) is 2.36. The summed E-state index contributed by atoms with van der Waals surface area (Å²) in [6.45, 7) is 2.58. The van der Waals surface area contributed by atoms with Gasteiger partial charge in [0.05, 0.1) is 13.7 Å². The molecule has 1 aliphatic rings. The average Bonchev–Trinajstić information content (AvgIpc) is 2.77. The van der Waals surface area contributed by atoms with Crippen LogP contribution in [-0.4, -0.2) is 13.7 Å². The zero-order valence-corrected chi connectivity index (χ0v) is 12.5. The van der Waals surface area contributed by atoms with E-state index in [0.29, 0.717) is 6.61 Å². The van der Waals surface area contributed by atoms with Gasteiger partial charge >= 0.3 is 0 Å². The van der Waals surface area contributed by atoms with Crippen LogP contribution in [0.2, 0.25) is 0 Å². The molecule has 0 atom stereocenters. The molecule has 18 heavy (non-hydrogen) atoms. The van der Waals surface area contributed by atoms with Crippen molar-refractivity contribution < 1.29 is 9.47 Å². The summed E-state index contributed by atoms with van der Waals surface area (Å²) in [5.41, 5.74) is 7.33. The van der Waals surface area contributed by atoms with Crippen molar-refractivity contribution in [2.24, 2.45) is 5.73 Å². The molecule has 4 heteroatoms. The lowest BCUT2D eigenvalue weighted by molar-refractivity contribution is 0.296. The van der Waals surface area contributed by atoms with Gasteiger partial charge in [0.25, 0.3) is 0 Å². The van der Waals surface area contributed by atoms with Crippen LogP contribution in [0.15, 0.2) is 16.6 Å². The average molecular weight is 314 g/mol. The van der Waals surface area contributed by atoms with E-state index in [-0.39, 0.29) is 5.54 Å². The Morgan fingerprint density at radius 1 is 1.33 bits per heavy atom. The number of hydrogen-bond acceptors (Lipinski definition) is 3. The van der Waals surface area contributed by atoms with E-state index in [2.05, 4.69) is 15.9 Å². The fourth-order valence-corrected chi connectivity index (χ4v) is 3.41. The van der Waals surface area contributed by atoms with Crippen molar-refractivity contribution in [3.8, 4) is 11.5 Å². The summed E-state index contributed by atoms with van der Waals surface area (Å²) < 4.78 is 12.2. The molecule has 2 N–H and O–H groups in total. The van der Waals surface area contributed by atoms with Gasteiger partial charge in [0, 0.05) is 15.6 Å². The van der Waals surface area contributed by atoms with E-state index in [0.717, 1.165) is 34.4 Å². The zero-order valence-electron chi connectivity index (χ0n) is 11.0. The highest BCUT2D eigenvalue weighted by Gasteiger charge is 2.36. The molecule has 0 radical (unpaired) electrons. The summed E-state index contributed by atoms with van der Waals surface area (Å²) in [7, 11) is 1.66. The third-order valence-corrected chi connectivity index (χ3v) is 4.23. The Morgan fingerprint density at radius 2 is 2.00 bits per heavy atom. The van der Waals surface area contributed by atoms with E-state index in [1.807, 2.05) is 19.1 Å². The van der Waals surface area contributed by atoms with Crippen LogP contribution in [0.1, 0.15) is 38.2 Å². The number of benzene rings is 1. The molecule has 3 nitrogen and oxygen atoms in total. The molecule has 1 aromatic carbocycles. The number of halogens is 1. The number of ether oxygens (including phenoxy) is 2. The lowest BCUT2D eigenvalue weighted by atomic mass is 9.88. The molecule has 0 aromatic heterocycles. The second-order valence-electron chi connectivity index (χ2n) is 4.75. The van der Waals surface area contributed by atoms with Gasteiger partial charge in [0.1, 0.15) is 0 Å². The van der Waals surface area contributed by atoms with E-state index < -0.39 is 0 Å². The normalized spacial score (nSPS) is 17.8. The van der Waals surface area contributed by atoms with E-state index in [1.165, 1.54) is 12.8 Å². The van der Waals surface area contributed by atoms with Crippen molar-refractivity contribution >= 4 is 15.9 Å². The molecule has 0 amide bonds. The Morgan fingerprint density at radius 3 is 2.56 bits per heavy atom. The van der Waals surface area contributed by atoms with Crippen LogP contribution in [0.4, 0.5) is 0 Å². The van der Waals surface area contributed by atoms with Crippen molar-refractivity contribution in [3.05, 3.63) is 22.2 Å². The molecule has 1 fully saturated rings. The fourth-order valence-electron chi connectivity index (χ4n) is 2.71. The monoisotopic (exact) mass is 313 g/mol. The predicted molar refractivity (Wildman–Crippen MR) is 76.2 cm³/mol. The van der Waals surface area contributed by atoms with E-state index in [4.69, 9.17) is 15.2 Å². The lowest BCUT2D eigenvalue weighted by Crippen LogP contribution is -2.34. The van der Waals surface area contributed by atoms with Crippen LogP contribution in [0, 0.1) is 0 Å². The second-order valence-corrected chi connectivity index (χ2v) is 5.60. The SMILES string of the molecule is CCOc1c(OC)ccc(Br)c1C1(N)CCCC1. The largest absolute Gasteiger partial charge is 0.493 e. The number of nitrogens with two attached hydrogens (primary N) is 1. The maximum Gasteiger partial charge on any atom is 0.167 e. The Hall–Kier alpha value is -0.740. The molecule has 0 unspecified atom stereocenters. The first-order chi connectivity index (χ1) is 8.62. The topological polar surface area (TPSA) is 44.5 Å². The predicted octanol–water partition coefficient (Wildman–Crippen LogP) is 3.58. The van der Waals surface area contributed by atoms with Crippen LogP contribution in [0.25, 0.3) is 0 Å². The highest BCUT2D eigenvalue weighted by molar-refractivity contribution is 9.10. The van der Waals surface area contributed by atoms with Gasteiger partial charge in [-0.15, -0.1) is 0 Å². The van der Waals surface area contributed by atoms with Gasteiger partial charge in [-0.25, -0.2) is 0 Å². The smallest absolute Gasteiger partial charge is 0.167 e. The van der Waals surface area contributed by atoms with E-state index in [9.17, 15) is 0 Å². The van der Waals surface area contributed by atoms with Crippen LogP contribution < -0.4 is 15.2 Å². The summed E-state index contributed by atoms with van der Waals surface area (Å²) in [5.74, 6) is 1.55. The van der Waals surface area contributed by atoms with E-state index in [1.54, 1.807) is 7.11 Å². The van der Waals surface area contributed by atoms with Crippen LogP contribution in [-0.2, 0) is 5.54 Å². The molecule has 1 aromatic rings. The van der Waals surface area contributed by atoms with Gasteiger partial charge in [-0.2, -0.15) is 0 Å². The Bertz CT molecular complexity index is 428. The summed E-state index contributed by atoms with van der Waals surface area (Å²) >= 11 is 3.61. The van der Waals surface area contributed by atoms with Crippen molar-refractivity contribution in [1.82, 2.24) is 0 Å². The van der Waals surface area contributed by atoms with Crippen LogP contribution in [0.3, 0.4) is 0 Å². The molecular weight excluding hydrogens is 294 g/mol. The van der Waals surface area contributed by atoms with Gasteiger partial charge in [-0.1, -0.05) is 28.8 Å². The molecule has 0 heterocycles. The minimum absolute atomic E-state index is 0.294. The maximum atomic E-state index is 6.57. The summed E-state index contributed by atoms with van der Waals surface area (Å²) in [5, 5.41) is 0. The quantitative estimate of drug-likeness (QED) is 0.924. The first kappa shape index (κ1) is 13.7. The fraction of sp³-hybridized carbons (Fsp3) is 0.571. The molecule has 0 aliphatic heterocycles. The molecule has 0 bridgehead atoms. The lowest BCUT2D eigenvalue weighted by Gasteiger charge is -2.28. The first-order valence-electron chi connectivity index (χ1n) is 6.41. The van der Waals surface area contributed by atoms with Crippen molar-refractivity contribution in [2.45, 2.75) is 38.1 Å². The summed E-state index contributed by atoms with van der Waals surface area (Å²) in [6, 6.07) is 3.90. The summed E-state index contributed by atoms with van der Waals surface area (Å²) in [6.07, 6.45) is 4.34. The maximum absolute atomic E-state index is 6.57. The van der Waals surface area contributed by atoms with Gasteiger partial charge in [0.15, 0.2) is 11.5 Å². The minimum Gasteiger partial charge on any atom is -0.493 e. The first-order valence-corrected chi connectivity index (χ1v) is 7.20. The highest BCUT2D eigenvalue weighted by Crippen LogP contribution is 2.47. The third-order valence-electron chi connectivity index (χ3n) is 3.57. The minimum atomic E-state index is -0.294. The Balaban J connectivity index is 2.55. The molecular formula is C14H20BrNO2. The van der Waals surface area contributed by atoms with Gasteiger partial charge in [-0.3, -0.25) is 0 Å². The Kier molecular flexibility index (Phi) is 4.17. The Labute approximate surface area is 117 Å². The number of hydrogen-bond donors (Lipinski definition) is 1. The molecule has 100 valence electrons. The molecule has 0 spiro atoms. The standard InChI is InChI=1S/C14H20BrNO2/c1-3-18-13-11(17-2)7-6-10(15)12(13)14(16)8-4-5-9-14/h6-7H,3-5,8-9,16H2,1-2H3. The molecule has 2 rings (SSSR count). The highest BCUT2D eigenvalue weighted by atomic mass is 79.9. The molecule has 0 saturated heterocycles. The summed E-state index contributed by atoms with van der Waals surface area (Å²) in [4.78, 5) is 0. The number of rotatable bonds is 4. The van der Waals surface area contributed by atoms with Gasteiger partial charge < -0.3 is 15.2 Å². The van der Waals surface area contributed by atoms with E-state index >= 15 is 0 Å². The van der Waals surface area contributed by atoms with Crippen molar-refractivity contribution in [3.63, 3.8) is 0 Å². The van der Waals surface area contributed by atoms with Gasteiger partial charge in [-0.05, 0) is 31.9 Å². The number of methoxy groups -OCH3 is 1. The molecule has 1 aliphatic carbocycles. The molecule has 1 saturated carbocycles. The van der Waals surface area contributed by atoms with Crippen LogP contribution in [0.5, 0.6) is 11.5 Å². The van der Waals surface area contributed by atoms with Crippen molar-refractivity contribution in [1.29, 1.82) is 0 Å². The second kappa shape index (κ2) is 5.49. The van der Waals surface area contributed by atoms with Gasteiger partial charge in [0.2, 0.25) is 0 Å². The van der Waals surface area contributed by atoms with Crippen molar-refractivity contribution in [2.75, 3.05) is 13.7 Å².